The van der Waals surface area contributed by atoms with Crippen LogP contribution in [0.5, 0.6) is 5.75 Å². The van der Waals surface area contributed by atoms with Crippen LogP contribution in [0.15, 0.2) is 59.6 Å². The number of amides is 1. The molecular weight excluding hydrogens is 500 g/mol. The van der Waals surface area contributed by atoms with E-state index in [9.17, 15) is 4.79 Å². The lowest BCUT2D eigenvalue weighted by atomic mass is 10.1. The van der Waals surface area contributed by atoms with Gasteiger partial charge in [-0.05, 0) is 24.6 Å². The second-order valence-corrected chi connectivity index (χ2v) is 10.9. The molecule has 0 fully saturated rings. The minimum absolute atomic E-state index is 0.168. The number of aromatic nitrogens is 1. The summed E-state index contributed by atoms with van der Waals surface area (Å²) in [6.07, 6.45) is 17.9. The average Bonchev–Trinajstić information content (AvgIpc) is 3.42. The number of anilines is 1. The molecule has 3 rings (SSSR count). The van der Waals surface area contributed by atoms with Gasteiger partial charge in [-0.3, -0.25) is 4.79 Å². The summed E-state index contributed by atoms with van der Waals surface area (Å²) in [7, 11) is 0. The van der Waals surface area contributed by atoms with Gasteiger partial charge in [-0.15, -0.1) is 0 Å². The minimum atomic E-state index is -0.168. The summed E-state index contributed by atoms with van der Waals surface area (Å²) < 4.78 is 7.96. The molecule has 200 valence electrons. The number of ether oxygens (including phenoxy) is 1. The van der Waals surface area contributed by atoms with E-state index in [1.165, 1.54) is 70.6 Å². The molecule has 6 heteroatoms. The molecule has 0 atom stereocenters. The fraction of sp³-hybridized carbons (Fsp3) is 0.484. The monoisotopic (exact) mass is 541 g/mol. The van der Waals surface area contributed by atoms with Crippen LogP contribution in [0.1, 0.15) is 99.9 Å². The molecule has 1 amide bonds. The van der Waals surface area contributed by atoms with Crippen LogP contribution in [0.4, 0.5) is 5.69 Å². The lowest BCUT2D eigenvalue weighted by Gasteiger charge is -2.12. The van der Waals surface area contributed by atoms with E-state index in [-0.39, 0.29) is 5.91 Å². The van der Waals surface area contributed by atoms with Gasteiger partial charge in [-0.1, -0.05) is 119 Å². The van der Waals surface area contributed by atoms with Crippen LogP contribution in [-0.2, 0) is 6.54 Å². The Balaban J connectivity index is 1.34. The molecule has 0 aliphatic carbocycles. The Morgan fingerprint density at radius 3 is 2.24 bits per heavy atom. The van der Waals surface area contributed by atoms with E-state index < -0.39 is 0 Å². The van der Waals surface area contributed by atoms with Crippen LogP contribution in [0, 0.1) is 0 Å². The minimum Gasteiger partial charge on any atom is -0.494 e. The molecule has 37 heavy (non-hydrogen) atoms. The van der Waals surface area contributed by atoms with Crippen LogP contribution in [0.3, 0.4) is 0 Å². The van der Waals surface area contributed by atoms with Crippen molar-refractivity contribution in [3.05, 3.63) is 75.7 Å². The summed E-state index contributed by atoms with van der Waals surface area (Å²) >= 11 is 8.10. The van der Waals surface area contributed by atoms with Gasteiger partial charge in [0.05, 0.1) is 22.7 Å². The summed E-state index contributed by atoms with van der Waals surface area (Å²) in [5, 5.41) is 5.45. The molecule has 1 heterocycles. The molecule has 0 aliphatic heterocycles. The lowest BCUT2D eigenvalue weighted by molar-refractivity contribution is -0.683. The number of carbonyl (C=O) groups is 1. The fourth-order valence-electron chi connectivity index (χ4n) is 4.44. The normalized spacial score (nSPS) is 11.0. The number of hydrogen-bond acceptors (Lipinski definition) is 3. The van der Waals surface area contributed by atoms with Gasteiger partial charge in [-0.2, -0.15) is 4.57 Å². The van der Waals surface area contributed by atoms with Crippen molar-refractivity contribution >= 4 is 34.5 Å². The van der Waals surface area contributed by atoms with Gasteiger partial charge >= 0.3 is 0 Å². The molecule has 1 aromatic heterocycles. The number of nitrogens with zero attached hydrogens (tertiary/aromatic N) is 1. The Hall–Kier alpha value is -2.37. The Morgan fingerprint density at radius 1 is 0.919 bits per heavy atom. The van der Waals surface area contributed by atoms with Gasteiger partial charge in [0.2, 0.25) is 5.51 Å². The van der Waals surface area contributed by atoms with Crippen molar-refractivity contribution in [2.45, 2.75) is 90.5 Å². The molecule has 0 saturated carbocycles. The van der Waals surface area contributed by atoms with Gasteiger partial charge < -0.3 is 10.1 Å². The lowest BCUT2D eigenvalue weighted by Crippen LogP contribution is -2.32. The second-order valence-electron chi connectivity index (χ2n) is 9.69. The molecule has 0 bridgehead atoms. The van der Waals surface area contributed by atoms with E-state index in [4.69, 9.17) is 16.3 Å². The van der Waals surface area contributed by atoms with Crippen molar-refractivity contribution in [2.24, 2.45) is 0 Å². The zero-order valence-electron chi connectivity index (χ0n) is 22.2. The van der Waals surface area contributed by atoms with E-state index in [1.54, 1.807) is 17.4 Å². The smallest absolute Gasteiger partial charge is 0.256 e. The predicted octanol–water partition coefficient (Wildman–Crippen LogP) is 9.07. The number of rotatable bonds is 18. The van der Waals surface area contributed by atoms with Crippen LogP contribution < -0.4 is 14.6 Å². The SMILES string of the molecule is CCCCCCCCCCCCCCOc1ccc(NC(=O)c2ccccc2C[n+]2ccsc2)c(Cl)c1. The third-order valence-electron chi connectivity index (χ3n) is 6.60. The van der Waals surface area contributed by atoms with Crippen LogP contribution in [0.2, 0.25) is 5.02 Å². The highest BCUT2D eigenvalue weighted by Gasteiger charge is 2.16. The summed E-state index contributed by atoms with van der Waals surface area (Å²) in [5.74, 6) is 0.568. The maximum absolute atomic E-state index is 13.0. The quantitative estimate of drug-likeness (QED) is 0.129. The van der Waals surface area contributed by atoms with Crippen molar-refractivity contribution < 1.29 is 14.1 Å². The summed E-state index contributed by atoms with van der Waals surface area (Å²) in [4.78, 5) is 13.0. The Bertz CT molecular complexity index is 1060. The average molecular weight is 542 g/mol. The van der Waals surface area contributed by atoms with Crippen molar-refractivity contribution in [1.29, 1.82) is 0 Å². The molecule has 0 saturated heterocycles. The number of unbranched alkanes of at least 4 members (excludes halogenated alkanes) is 11. The maximum atomic E-state index is 13.0. The summed E-state index contributed by atoms with van der Waals surface area (Å²) in [6, 6.07) is 13.1. The molecule has 0 aliphatic rings. The molecule has 2 aromatic carbocycles. The van der Waals surface area contributed by atoms with Crippen molar-refractivity contribution in [3.63, 3.8) is 0 Å². The highest BCUT2D eigenvalue weighted by Crippen LogP contribution is 2.28. The number of carbonyl (C=O) groups excluding carboxylic acids is 1. The second kappa shape index (κ2) is 17.2. The first-order chi connectivity index (χ1) is 18.2. The summed E-state index contributed by atoms with van der Waals surface area (Å²) in [5.41, 5.74) is 4.22. The molecular formula is C31H42ClN2O2S+. The molecule has 0 spiro atoms. The number of benzene rings is 2. The first kappa shape index (κ1) is 29.2. The van der Waals surface area contributed by atoms with Crippen LogP contribution in [-0.4, -0.2) is 12.5 Å². The molecule has 0 radical (unpaired) electrons. The first-order valence-corrected chi connectivity index (χ1v) is 15.2. The number of thiazole rings is 1. The zero-order chi connectivity index (χ0) is 26.1. The van der Waals surface area contributed by atoms with Gasteiger partial charge in [0.25, 0.3) is 5.91 Å². The predicted molar refractivity (Wildman–Crippen MR) is 156 cm³/mol. The Morgan fingerprint density at radius 2 is 1.59 bits per heavy atom. The zero-order valence-corrected chi connectivity index (χ0v) is 23.8. The fourth-order valence-corrected chi connectivity index (χ4v) is 5.25. The third-order valence-corrected chi connectivity index (χ3v) is 7.58. The van der Waals surface area contributed by atoms with Crippen molar-refractivity contribution in [3.8, 4) is 5.75 Å². The highest BCUT2D eigenvalue weighted by molar-refractivity contribution is 7.07. The van der Waals surface area contributed by atoms with E-state index >= 15 is 0 Å². The largest absolute Gasteiger partial charge is 0.494 e. The standard InChI is InChI=1S/C31H41ClN2O2S/c1-2-3-4-5-6-7-8-9-10-11-12-15-21-36-27-18-19-30(29(32)23-27)33-31(35)28-17-14-13-16-26(28)24-34-20-22-37-25-34/h13-14,16-20,22-23,25H,2-12,15,21,24H2,1H3/p+1. The van der Waals surface area contributed by atoms with E-state index in [2.05, 4.69) is 16.8 Å². The Kier molecular flexibility index (Phi) is 13.6. The molecule has 1 N–H and O–H groups in total. The maximum Gasteiger partial charge on any atom is 0.256 e. The van der Waals surface area contributed by atoms with Crippen LogP contribution in [0.25, 0.3) is 0 Å². The van der Waals surface area contributed by atoms with E-state index in [1.807, 2.05) is 53.5 Å². The molecule has 0 unspecified atom stereocenters. The van der Waals surface area contributed by atoms with Gasteiger partial charge in [0.15, 0.2) is 12.7 Å². The number of hydrogen-bond donors (Lipinski definition) is 1. The van der Waals surface area contributed by atoms with E-state index in [0.29, 0.717) is 29.4 Å². The van der Waals surface area contributed by atoms with Crippen molar-refractivity contribution in [1.82, 2.24) is 0 Å². The topological polar surface area (TPSA) is 42.2 Å². The first-order valence-electron chi connectivity index (χ1n) is 13.9. The summed E-state index contributed by atoms with van der Waals surface area (Å²) in [6.45, 7) is 3.60. The van der Waals surface area contributed by atoms with Crippen LogP contribution >= 0.6 is 22.9 Å². The third kappa shape index (κ3) is 10.9. The van der Waals surface area contributed by atoms with Crippen molar-refractivity contribution in [2.75, 3.05) is 11.9 Å². The molecule has 4 nitrogen and oxygen atoms in total. The van der Waals surface area contributed by atoms with E-state index in [0.717, 1.165) is 17.7 Å². The Labute approximate surface area is 232 Å². The van der Waals surface area contributed by atoms with Gasteiger partial charge in [0.1, 0.15) is 5.75 Å². The number of halogens is 1. The van der Waals surface area contributed by atoms with Gasteiger partial charge in [0, 0.05) is 17.2 Å². The van der Waals surface area contributed by atoms with Gasteiger partial charge in [-0.25, -0.2) is 0 Å². The molecule has 3 aromatic rings. The number of nitrogens with one attached hydrogen (secondary N) is 1. The highest BCUT2D eigenvalue weighted by atomic mass is 35.5.